The maximum atomic E-state index is 13.5. The molecule has 0 atom stereocenters. The molecule has 328 valence electrons. The molecule has 5 N–H and O–H groups in total. The number of rotatable bonds is 11. The van der Waals surface area contributed by atoms with Gasteiger partial charge in [0.1, 0.15) is 11.6 Å². The summed E-state index contributed by atoms with van der Waals surface area (Å²) in [7, 11) is 0. The average Bonchev–Trinajstić information content (AvgIpc) is 3.91. The van der Waals surface area contributed by atoms with Crippen LogP contribution in [0.4, 0.5) is 0 Å². The number of hydrogen-bond acceptors (Lipinski definition) is 8. The van der Waals surface area contributed by atoms with Crippen LogP contribution in [0.25, 0.3) is 21.8 Å². The van der Waals surface area contributed by atoms with E-state index in [0.29, 0.717) is 31.7 Å². The molecule has 2 aromatic heterocycles. The van der Waals surface area contributed by atoms with E-state index in [1.54, 1.807) is 0 Å². The number of ether oxygens (including phenoxy) is 4. The number of aromatic amines is 2. The molecular weight excluding hydrogens is 793 g/mol. The number of H-pyrrole nitrogens is 2. The van der Waals surface area contributed by atoms with E-state index in [1.165, 1.54) is 12.6 Å². The normalized spacial score (nSPS) is 16.4. The summed E-state index contributed by atoms with van der Waals surface area (Å²) in [4.78, 5) is 45.6. The lowest BCUT2D eigenvalue weighted by Crippen LogP contribution is -2.23. The van der Waals surface area contributed by atoms with Crippen LogP contribution >= 0.6 is 0 Å². The van der Waals surface area contributed by atoms with E-state index in [0.717, 1.165) is 104 Å². The molecular formula is C52H58N4O7. The second-order valence-electron chi connectivity index (χ2n) is 19.9. The first-order valence-corrected chi connectivity index (χ1v) is 22.1. The minimum atomic E-state index is -0.442. The molecule has 0 unspecified atom stereocenters. The third-order valence-electron chi connectivity index (χ3n) is 13.3. The summed E-state index contributed by atoms with van der Waals surface area (Å²) >= 11 is 0. The Morgan fingerprint density at radius 3 is 1.44 bits per heavy atom. The van der Waals surface area contributed by atoms with Gasteiger partial charge in [0, 0.05) is 65.8 Å². The standard InChI is InChI=1S/C27H30N2O4.C25H28N2O3/c1-16(30)28-14-19-10-17(9-18-12-23(26(2,3)4)29-25(18)19)11-24(31)27(7-8-27)20-5-6-21-22(13-20)33-15-32-21;1-24(2,3)21-11-16-8-15(9-17(13-26)23(16)27-21)10-22(28)25(6-7-25)18-4-5-19-20(12-18)30-14-29-19/h5-6,9-10,12-13,29H,7-8,11,14-15H2,1-4H3,(H,28,30);4-5,8-9,11-12,27H,6-7,10,13-14,26H2,1-3H3. The van der Waals surface area contributed by atoms with E-state index >= 15 is 0 Å². The first kappa shape index (κ1) is 42.2. The highest BCUT2D eigenvalue weighted by Crippen LogP contribution is 2.53. The fourth-order valence-electron chi connectivity index (χ4n) is 9.11. The maximum absolute atomic E-state index is 13.5. The van der Waals surface area contributed by atoms with Gasteiger partial charge in [-0.2, -0.15) is 0 Å². The van der Waals surface area contributed by atoms with Gasteiger partial charge in [-0.15, -0.1) is 0 Å². The number of fused-ring (bicyclic) bond motifs is 4. The van der Waals surface area contributed by atoms with Gasteiger partial charge >= 0.3 is 0 Å². The van der Waals surface area contributed by atoms with Crippen molar-refractivity contribution >= 4 is 39.3 Å². The topological polar surface area (TPSA) is 158 Å². The van der Waals surface area contributed by atoms with Crippen molar-refractivity contribution in [2.24, 2.45) is 5.73 Å². The molecule has 0 radical (unpaired) electrons. The van der Waals surface area contributed by atoms with Gasteiger partial charge in [0.15, 0.2) is 23.0 Å². The number of ketones is 2. The number of nitrogens with two attached hydrogens (primary N) is 1. The molecule has 2 aliphatic carbocycles. The summed E-state index contributed by atoms with van der Waals surface area (Å²) in [6, 6.07) is 24.5. The van der Waals surface area contributed by atoms with Gasteiger partial charge in [0.2, 0.25) is 19.5 Å². The van der Waals surface area contributed by atoms with E-state index in [4.69, 9.17) is 24.7 Å². The van der Waals surface area contributed by atoms with Crippen LogP contribution in [0, 0.1) is 0 Å². The van der Waals surface area contributed by atoms with Crippen molar-refractivity contribution in [3.63, 3.8) is 0 Å². The molecule has 2 saturated carbocycles. The molecule has 11 nitrogen and oxygen atoms in total. The number of aromatic nitrogens is 2. The zero-order chi connectivity index (χ0) is 44.5. The quantitative estimate of drug-likeness (QED) is 0.101. The largest absolute Gasteiger partial charge is 0.454 e. The van der Waals surface area contributed by atoms with Gasteiger partial charge in [0.25, 0.3) is 0 Å². The Labute approximate surface area is 368 Å². The Balaban J connectivity index is 0.000000161. The van der Waals surface area contributed by atoms with E-state index in [2.05, 4.69) is 93.2 Å². The summed E-state index contributed by atoms with van der Waals surface area (Å²) in [6.07, 6.45) is 4.24. The summed E-state index contributed by atoms with van der Waals surface area (Å²) in [5, 5.41) is 5.10. The predicted molar refractivity (Wildman–Crippen MR) is 244 cm³/mol. The molecule has 2 fully saturated rings. The molecule has 0 saturated heterocycles. The summed E-state index contributed by atoms with van der Waals surface area (Å²) in [5.74, 6) is 3.34. The van der Waals surface area contributed by atoms with Crippen LogP contribution in [-0.4, -0.2) is 41.0 Å². The number of hydrogen-bond donors (Lipinski definition) is 4. The highest BCUT2D eigenvalue weighted by molar-refractivity contribution is 5.97. The maximum Gasteiger partial charge on any atom is 0.231 e. The number of amides is 1. The Morgan fingerprint density at radius 2 is 1.03 bits per heavy atom. The van der Waals surface area contributed by atoms with E-state index in [-0.39, 0.29) is 41.9 Å². The van der Waals surface area contributed by atoms with Crippen LogP contribution in [0.15, 0.2) is 72.8 Å². The molecule has 1 amide bonds. The minimum Gasteiger partial charge on any atom is -0.454 e. The van der Waals surface area contributed by atoms with Crippen LogP contribution in [0.1, 0.15) is 119 Å². The number of carbonyl (C=O) groups is 3. The van der Waals surface area contributed by atoms with Crippen LogP contribution in [0.3, 0.4) is 0 Å². The van der Waals surface area contributed by atoms with Gasteiger partial charge in [0.05, 0.1) is 21.9 Å². The smallest absolute Gasteiger partial charge is 0.231 e. The van der Waals surface area contributed by atoms with Crippen molar-refractivity contribution in [1.29, 1.82) is 0 Å². The lowest BCUT2D eigenvalue weighted by atomic mass is 9.87. The summed E-state index contributed by atoms with van der Waals surface area (Å²) < 4.78 is 21.9. The van der Waals surface area contributed by atoms with Gasteiger partial charge in [-0.1, -0.05) is 65.8 Å². The van der Waals surface area contributed by atoms with Gasteiger partial charge in [-0.25, -0.2) is 0 Å². The number of nitrogens with one attached hydrogen (secondary N) is 3. The first-order valence-electron chi connectivity index (χ1n) is 22.1. The minimum absolute atomic E-state index is 0.0261. The molecule has 4 aromatic carbocycles. The Kier molecular flexibility index (Phi) is 10.5. The lowest BCUT2D eigenvalue weighted by molar-refractivity contribution is -0.121. The van der Waals surface area contributed by atoms with E-state index in [9.17, 15) is 14.4 Å². The molecule has 63 heavy (non-hydrogen) atoms. The Bertz CT molecular complexity index is 2790. The van der Waals surface area contributed by atoms with Crippen LogP contribution in [-0.2, 0) is 62.0 Å². The van der Waals surface area contributed by atoms with Crippen molar-refractivity contribution in [2.45, 2.75) is 122 Å². The molecule has 6 aromatic rings. The summed E-state index contributed by atoms with van der Waals surface area (Å²) in [6.45, 7) is 15.9. The molecule has 4 heterocycles. The van der Waals surface area contributed by atoms with Crippen molar-refractivity contribution in [2.75, 3.05) is 13.6 Å². The first-order chi connectivity index (χ1) is 30.0. The lowest BCUT2D eigenvalue weighted by Gasteiger charge is -2.16. The third-order valence-corrected chi connectivity index (χ3v) is 13.3. The second kappa shape index (κ2) is 15.6. The zero-order valence-corrected chi connectivity index (χ0v) is 37.4. The number of benzene rings is 4. The number of Topliss-reactive ketones (excluding diaryl/α,β-unsaturated/α-hetero) is 2. The molecule has 0 spiro atoms. The SMILES string of the molecule is CC(=O)NCc1cc(CC(=O)C2(c3ccc4c(c3)OCO4)CC2)cc2cc(C(C)(C)C)[nH]c12.CC(C)(C)c1cc2cc(CC(=O)C3(c4ccc5c(c4)OCO5)CC3)cc(CN)c2[nH]1. The van der Waals surface area contributed by atoms with Crippen molar-refractivity contribution < 1.29 is 33.3 Å². The molecule has 2 aliphatic heterocycles. The van der Waals surface area contributed by atoms with E-state index in [1.807, 2.05) is 36.4 Å². The fourth-order valence-corrected chi connectivity index (χ4v) is 9.11. The van der Waals surface area contributed by atoms with Crippen molar-refractivity contribution in [1.82, 2.24) is 15.3 Å². The Morgan fingerprint density at radius 1 is 0.603 bits per heavy atom. The zero-order valence-electron chi connectivity index (χ0n) is 37.4. The molecule has 10 rings (SSSR count). The summed E-state index contributed by atoms with van der Waals surface area (Å²) in [5.41, 5.74) is 15.7. The van der Waals surface area contributed by atoms with Crippen LogP contribution < -0.4 is 30.0 Å². The van der Waals surface area contributed by atoms with Crippen LogP contribution in [0.5, 0.6) is 23.0 Å². The number of carbonyl (C=O) groups excluding carboxylic acids is 3. The third kappa shape index (κ3) is 8.19. The van der Waals surface area contributed by atoms with Crippen molar-refractivity contribution in [3.05, 3.63) is 118 Å². The Hall–Kier alpha value is -6.07. The van der Waals surface area contributed by atoms with Crippen molar-refractivity contribution in [3.8, 4) is 23.0 Å². The monoisotopic (exact) mass is 850 g/mol. The second-order valence-corrected chi connectivity index (χ2v) is 19.9. The van der Waals surface area contributed by atoms with E-state index < -0.39 is 10.8 Å². The van der Waals surface area contributed by atoms with Gasteiger partial charge < -0.3 is 40.0 Å². The average molecular weight is 851 g/mol. The van der Waals surface area contributed by atoms with Gasteiger partial charge in [-0.05, 0) is 108 Å². The van der Waals surface area contributed by atoms with Gasteiger partial charge in [-0.3, -0.25) is 14.4 Å². The molecule has 11 heteroatoms. The van der Waals surface area contributed by atoms with Crippen LogP contribution in [0.2, 0.25) is 0 Å². The predicted octanol–water partition coefficient (Wildman–Crippen LogP) is 9.17. The highest BCUT2D eigenvalue weighted by Gasteiger charge is 2.52. The molecule has 4 aliphatic rings. The molecule has 0 bridgehead atoms. The highest BCUT2D eigenvalue weighted by atomic mass is 16.7. The fraction of sp³-hybridized carbons (Fsp3) is 0.404.